The van der Waals surface area contributed by atoms with E-state index in [-0.39, 0.29) is 42.4 Å². The SMILES string of the molecule is C=C(C(=O)N1CCN(C(=O)OC(C)(C)C)CC1C(=O)OC)c1ccc(Sc2ccccc2C(C)C)c([N+](=O)[O-])c1. The Morgan fingerprint density at radius 1 is 1.10 bits per heavy atom. The van der Waals surface area contributed by atoms with Gasteiger partial charge in [-0.25, -0.2) is 9.59 Å². The molecule has 0 saturated carbocycles. The van der Waals surface area contributed by atoms with Crippen LogP contribution in [0.15, 0.2) is 58.8 Å². The molecule has 214 valence electrons. The van der Waals surface area contributed by atoms with E-state index >= 15 is 0 Å². The number of carbonyl (C=O) groups is 3. The van der Waals surface area contributed by atoms with Crippen molar-refractivity contribution in [3.8, 4) is 0 Å². The number of amides is 2. The molecule has 0 radical (unpaired) electrons. The second kappa shape index (κ2) is 12.5. The van der Waals surface area contributed by atoms with Gasteiger partial charge in [0.2, 0.25) is 0 Å². The van der Waals surface area contributed by atoms with E-state index in [1.54, 1.807) is 32.9 Å². The standard InChI is InChI=1S/C29H35N3O7S/c1-18(2)21-10-8-9-11-24(21)40-25-13-12-20(16-22(25)32(36)37)19(3)26(33)31-15-14-30(17-23(31)27(34)38-7)28(35)39-29(4,5)6/h8-13,16,18,23H,3,14-15,17H2,1-2,4-7H3. The first-order chi connectivity index (χ1) is 18.7. The van der Waals surface area contributed by atoms with Crippen LogP contribution in [0.2, 0.25) is 0 Å². The number of benzene rings is 2. The minimum Gasteiger partial charge on any atom is -0.467 e. The molecule has 0 aliphatic carbocycles. The molecule has 11 heteroatoms. The van der Waals surface area contributed by atoms with Gasteiger partial charge in [-0.1, -0.05) is 56.5 Å². The summed E-state index contributed by atoms with van der Waals surface area (Å²) < 4.78 is 10.3. The minimum atomic E-state index is -1.09. The zero-order valence-electron chi connectivity index (χ0n) is 23.6. The van der Waals surface area contributed by atoms with Crippen LogP contribution in [-0.2, 0) is 19.1 Å². The number of esters is 1. The molecule has 2 aromatic carbocycles. The van der Waals surface area contributed by atoms with E-state index in [2.05, 4.69) is 20.4 Å². The molecule has 2 aromatic rings. The summed E-state index contributed by atoms with van der Waals surface area (Å²) >= 11 is 1.29. The van der Waals surface area contributed by atoms with Gasteiger partial charge < -0.3 is 19.3 Å². The highest BCUT2D eigenvalue weighted by Crippen LogP contribution is 2.39. The maximum Gasteiger partial charge on any atom is 0.410 e. The Balaban J connectivity index is 1.86. The Kier molecular flexibility index (Phi) is 9.62. The molecule has 0 aromatic heterocycles. The smallest absolute Gasteiger partial charge is 0.410 e. The Morgan fingerprint density at radius 3 is 2.38 bits per heavy atom. The van der Waals surface area contributed by atoms with E-state index in [0.29, 0.717) is 4.90 Å². The van der Waals surface area contributed by atoms with Gasteiger partial charge in [-0.2, -0.15) is 0 Å². The van der Waals surface area contributed by atoms with Crippen LogP contribution in [0.1, 0.15) is 51.7 Å². The summed E-state index contributed by atoms with van der Waals surface area (Å²) in [6.45, 7) is 13.3. The van der Waals surface area contributed by atoms with Crippen molar-refractivity contribution in [2.75, 3.05) is 26.7 Å². The second-order valence-electron chi connectivity index (χ2n) is 10.7. The number of nitro benzene ring substituents is 1. The molecule has 1 unspecified atom stereocenters. The van der Waals surface area contributed by atoms with Crippen LogP contribution in [0.4, 0.5) is 10.5 Å². The lowest BCUT2D eigenvalue weighted by Gasteiger charge is -2.40. The lowest BCUT2D eigenvalue weighted by atomic mass is 10.0. The third kappa shape index (κ3) is 7.20. The summed E-state index contributed by atoms with van der Waals surface area (Å²) in [5.74, 6) is -1.05. The van der Waals surface area contributed by atoms with Crippen molar-refractivity contribution in [3.63, 3.8) is 0 Å². The van der Waals surface area contributed by atoms with Gasteiger partial charge >= 0.3 is 12.1 Å². The number of nitrogens with zero attached hydrogens (tertiary/aromatic N) is 3. The van der Waals surface area contributed by atoms with Crippen LogP contribution in [0.3, 0.4) is 0 Å². The number of ether oxygens (including phenoxy) is 2. The third-order valence-electron chi connectivity index (χ3n) is 6.29. The average molecular weight is 570 g/mol. The van der Waals surface area contributed by atoms with Crippen molar-refractivity contribution in [1.82, 2.24) is 9.80 Å². The fraction of sp³-hybridized carbons (Fsp3) is 0.414. The lowest BCUT2D eigenvalue weighted by molar-refractivity contribution is -0.387. The molecule has 1 aliphatic rings. The first kappa shape index (κ1) is 30.7. The normalized spacial score (nSPS) is 15.5. The zero-order chi connectivity index (χ0) is 29.8. The molecule has 1 aliphatic heterocycles. The average Bonchev–Trinajstić information content (AvgIpc) is 2.90. The number of rotatable bonds is 7. The fourth-order valence-corrected chi connectivity index (χ4v) is 5.44. The van der Waals surface area contributed by atoms with Crippen molar-refractivity contribution in [2.24, 2.45) is 0 Å². The molecule has 1 saturated heterocycles. The monoisotopic (exact) mass is 569 g/mol. The Morgan fingerprint density at radius 2 is 1.77 bits per heavy atom. The van der Waals surface area contributed by atoms with Crippen LogP contribution < -0.4 is 0 Å². The quantitative estimate of drug-likeness (QED) is 0.186. The van der Waals surface area contributed by atoms with E-state index in [0.717, 1.165) is 10.5 Å². The summed E-state index contributed by atoms with van der Waals surface area (Å²) in [6, 6.07) is 11.2. The van der Waals surface area contributed by atoms with Gasteiger partial charge in [0.15, 0.2) is 0 Å². The number of carbonyl (C=O) groups excluding carboxylic acids is 3. The largest absolute Gasteiger partial charge is 0.467 e. The summed E-state index contributed by atoms with van der Waals surface area (Å²) in [6.07, 6.45) is -0.602. The van der Waals surface area contributed by atoms with Gasteiger partial charge in [0.1, 0.15) is 11.6 Å². The Bertz CT molecular complexity index is 1320. The summed E-state index contributed by atoms with van der Waals surface area (Å²) in [4.78, 5) is 54.2. The molecule has 40 heavy (non-hydrogen) atoms. The second-order valence-corrected chi connectivity index (χ2v) is 11.8. The highest BCUT2D eigenvalue weighted by atomic mass is 32.2. The van der Waals surface area contributed by atoms with Crippen molar-refractivity contribution in [1.29, 1.82) is 0 Å². The van der Waals surface area contributed by atoms with Gasteiger partial charge in [-0.15, -0.1) is 0 Å². The Hall–Kier alpha value is -3.86. The van der Waals surface area contributed by atoms with Crippen LogP contribution in [0.5, 0.6) is 0 Å². The highest BCUT2D eigenvalue weighted by molar-refractivity contribution is 7.99. The van der Waals surface area contributed by atoms with E-state index < -0.39 is 34.5 Å². The summed E-state index contributed by atoms with van der Waals surface area (Å²) in [5, 5.41) is 12.0. The first-order valence-electron chi connectivity index (χ1n) is 12.8. The van der Waals surface area contributed by atoms with Gasteiger partial charge in [-0.05, 0) is 49.9 Å². The van der Waals surface area contributed by atoms with Gasteiger partial charge in [0.05, 0.1) is 23.5 Å². The maximum absolute atomic E-state index is 13.5. The molecule has 0 bridgehead atoms. The fourth-order valence-electron chi connectivity index (χ4n) is 4.26. The molecular weight excluding hydrogens is 534 g/mol. The zero-order valence-corrected chi connectivity index (χ0v) is 24.4. The number of piperazine rings is 1. The lowest BCUT2D eigenvalue weighted by Crippen LogP contribution is -2.60. The number of methoxy groups -OCH3 is 1. The summed E-state index contributed by atoms with van der Waals surface area (Å²) in [5.41, 5.74) is 0.437. The molecule has 0 spiro atoms. The molecule has 3 rings (SSSR count). The number of nitro groups is 1. The number of hydrogen-bond donors (Lipinski definition) is 0. The van der Waals surface area contributed by atoms with Crippen LogP contribution in [0.25, 0.3) is 5.57 Å². The van der Waals surface area contributed by atoms with Gasteiger partial charge in [-0.3, -0.25) is 14.9 Å². The van der Waals surface area contributed by atoms with Crippen LogP contribution in [0, 0.1) is 10.1 Å². The molecule has 2 amide bonds. The topological polar surface area (TPSA) is 119 Å². The molecule has 1 atom stereocenters. The Labute approximate surface area is 238 Å². The van der Waals surface area contributed by atoms with Crippen molar-refractivity contribution in [2.45, 2.75) is 62.0 Å². The predicted molar refractivity (Wildman–Crippen MR) is 152 cm³/mol. The number of hydrogen-bond acceptors (Lipinski definition) is 8. The van der Waals surface area contributed by atoms with Gasteiger partial charge in [0, 0.05) is 29.6 Å². The van der Waals surface area contributed by atoms with Crippen LogP contribution >= 0.6 is 11.8 Å². The van der Waals surface area contributed by atoms with E-state index in [9.17, 15) is 24.5 Å². The molecule has 1 heterocycles. The maximum atomic E-state index is 13.5. The van der Waals surface area contributed by atoms with Crippen molar-refractivity contribution < 1.29 is 28.8 Å². The van der Waals surface area contributed by atoms with Crippen molar-refractivity contribution in [3.05, 3.63) is 70.3 Å². The van der Waals surface area contributed by atoms with Gasteiger partial charge in [0.25, 0.3) is 11.6 Å². The molecule has 0 N–H and O–H groups in total. The predicted octanol–water partition coefficient (Wildman–Crippen LogP) is 5.50. The summed E-state index contributed by atoms with van der Waals surface area (Å²) in [7, 11) is 1.20. The van der Waals surface area contributed by atoms with E-state index in [4.69, 9.17) is 9.47 Å². The molecular formula is C29H35N3O7S. The first-order valence-corrected chi connectivity index (χ1v) is 13.7. The highest BCUT2D eigenvalue weighted by Gasteiger charge is 2.40. The third-order valence-corrected chi connectivity index (χ3v) is 7.45. The molecule has 1 fully saturated rings. The van der Waals surface area contributed by atoms with Crippen LogP contribution in [-0.4, -0.2) is 71.1 Å². The molecule has 10 nitrogen and oxygen atoms in total. The van der Waals surface area contributed by atoms with Crippen molar-refractivity contribution >= 4 is 41.0 Å². The van der Waals surface area contributed by atoms with E-state index in [1.807, 2.05) is 24.3 Å². The minimum absolute atomic E-state index is 0.0122. The van der Waals surface area contributed by atoms with E-state index in [1.165, 1.54) is 34.7 Å².